The molecule has 1 rings (SSSR count). The van der Waals surface area contributed by atoms with E-state index in [2.05, 4.69) is 21.0 Å². The average molecular weight is 327 g/mol. The zero-order valence-electron chi connectivity index (χ0n) is 11.1. The molecular formula is C11H11F6N5. The third kappa shape index (κ3) is 4.90. The first-order valence-electron chi connectivity index (χ1n) is 5.72. The lowest BCUT2D eigenvalue weighted by molar-refractivity contribution is -0.143. The molecule has 0 aliphatic carbocycles. The predicted molar refractivity (Wildman–Crippen MR) is 64.9 cm³/mol. The van der Waals surface area contributed by atoms with E-state index in [9.17, 15) is 26.3 Å². The lowest BCUT2D eigenvalue weighted by Crippen LogP contribution is -2.23. The molecule has 1 aromatic carbocycles. The summed E-state index contributed by atoms with van der Waals surface area (Å²) in [6, 6.07) is 1.22. The minimum atomic E-state index is -4.91. The molecule has 0 aliphatic rings. The van der Waals surface area contributed by atoms with E-state index in [1.807, 2.05) is 0 Å². The van der Waals surface area contributed by atoms with Crippen LogP contribution in [0.4, 0.5) is 26.3 Å². The number of alkyl halides is 6. The second kappa shape index (κ2) is 6.62. The highest BCUT2D eigenvalue weighted by Gasteiger charge is 2.36. The van der Waals surface area contributed by atoms with E-state index >= 15 is 0 Å². The number of hydrazone groups is 1. The minimum Gasteiger partial charge on any atom is -0.348 e. The van der Waals surface area contributed by atoms with Gasteiger partial charge < -0.3 is 10.7 Å². The molecule has 5 nitrogen and oxygen atoms in total. The summed E-state index contributed by atoms with van der Waals surface area (Å²) >= 11 is 0. The summed E-state index contributed by atoms with van der Waals surface area (Å²) in [7, 11) is 1.39. The van der Waals surface area contributed by atoms with Crippen molar-refractivity contribution >= 4 is 5.96 Å². The van der Waals surface area contributed by atoms with Gasteiger partial charge in [0.05, 0.1) is 11.1 Å². The molecule has 0 fully saturated rings. The van der Waals surface area contributed by atoms with Crippen molar-refractivity contribution < 1.29 is 26.3 Å². The maximum atomic E-state index is 12.7. The summed E-state index contributed by atoms with van der Waals surface area (Å²) in [5, 5.41) is 8.72. The van der Waals surface area contributed by atoms with Crippen molar-refractivity contribution in [2.24, 2.45) is 10.2 Å². The Morgan fingerprint density at radius 3 is 1.91 bits per heavy atom. The fraction of sp³-hybridized carbons (Fsp3) is 0.364. The van der Waals surface area contributed by atoms with Crippen LogP contribution in [0.15, 0.2) is 28.4 Å². The summed E-state index contributed by atoms with van der Waals surface area (Å²) in [6.07, 6.45) is -9.81. The Balaban J connectivity index is 3.14. The molecule has 0 radical (unpaired) electrons. The Kier molecular flexibility index (Phi) is 5.33. The van der Waals surface area contributed by atoms with Crippen molar-refractivity contribution in [2.45, 2.75) is 18.9 Å². The largest absolute Gasteiger partial charge is 0.416 e. The normalized spacial score (nSPS) is 13.0. The van der Waals surface area contributed by atoms with Crippen LogP contribution in [0.25, 0.3) is 0 Å². The van der Waals surface area contributed by atoms with E-state index in [0.29, 0.717) is 12.1 Å². The van der Waals surface area contributed by atoms with Gasteiger partial charge in [-0.1, -0.05) is 0 Å². The average Bonchev–Trinajstić information content (AvgIpc) is 2.41. The van der Waals surface area contributed by atoms with E-state index in [1.165, 1.54) is 7.05 Å². The van der Waals surface area contributed by atoms with E-state index in [-0.39, 0.29) is 17.6 Å². The van der Waals surface area contributed by atoms with Gasteiger partial charge in [0.1, 0.15) is 0 Å². The number of guanidine groups is 1. The summed E-state index contributed by atoms with van der Waals surface area (Å²) < 4.78 is 75.9. The Labute approximate surface area is 120 Å². The molecule has 0 unspecified atom stereocenters. The van der Waals surface area contributed by atoms with Crippen LogP contribution >= 0.6 is 0 Å². The molecule has 0 aliphatic heterocycles. The van der Waals surface area contributed by atoms with Gasteiger partial charge in [0, 0.05) is 13.6 Å². The van der Waals surface area contributed by atoms with Gasteiger partial charge >= 0.3 is 12.4 Å². The topological polar surface area (TPSA) is 72.6 Å². The molecule has 0 spiro atoms. The van der Waals surface area contributed by atoms with E-state index in [0.717, 1.165) is 0 Å². The molecule has 0 heterocycles. The Morgan fingerprint density at radius 1 is 1.05 bits per heavy atom. The number of nitrogens with zero attached hydrogens (tertiary/aromatic N) is 2. The standard InChI is InChI=1S/C11H11F6N5/c1-19-22-9(21-18)20-5-6-2-7(10(12,13)14)4-8(3-6)11(15,16)17/h2-4,18-19H,5H2,1H3,(H,20,22). The number of hydrogen-bond acceptors (Lipinski definition) is 3. The fourth-order valence-corrected chi connectivity index (χ4v) is 1.51. The first kappa shape index (κ1) is 17.7. The molecule has 0 bridgehead atoms. The quantitative estimate of drug-likeness (QED) is 0.262. The zero-order valence-corrected chi connectivity index (χ0v) is 11.1. The molecule has 0 amide bonds. The highest BCUT2D eigenvalue weighted by atomic mass is 19.4. The van der Waals surface area contributed by atoms with Gasteiger partial charge in [-0.25, -0.2) is 5.53 Å². The van der Waals surface area contributed by atoms with Crippen molar-refractivity contribution in [3.05, 3.63) is 34.9 Å². The van der Waals surface area contributed by atoms with Crippen LogP contribution in [0.3, 0.4) is 0 Å². The first-order chi connectivity index (χ1) is 10.1. The van der Waals surface area contributed by atoms with Crippen LogP contribution in [0, 0.1) is 5.53 Å². The van der Waals surface area contributed by atoms with Crippen LogP contribution in [-0.2, 0) is 18.9 Å². The molecule has 0 aromatic heterocycles. The van der Waals surface area contributed by atoms with Gasteiger partial charge in [0.25, 0.3) is 5.96 Å². The second-order valence-corrected chi connectivity index (χ2v) is 4.04. The molecule has 122 valence electrons. The van der Waals surface area contributed by atoms with E-state index < -0.39 is 30.0 Å². The summed E-state index contributed by atoms with van der Waals surface area (Å²) in [5.41, 5.74) is 5.94. The third-order valence-corrected chi connectivity index (χ3v) is 2.42. The fourth-order valence-electron chi connectivity index (χ4n) is 1.51. The summed E-state index contributed by atoms with van der Waals surface area (Å²) in [5.74, 6) is -0.284. The van der Waals surface area contributed by atoms with Crippen molar-refractivity contribution in [1.82, 2.24) is 10.7 Å². The monoisotopic (exact) mass is 327 g/mol. The van der Waals surface area contributed by atoms with Gasteiger partial charge in [-0.3, -0.25) is 0 Å². The van der Waals surface area contributed by atoms with Crippen molar-refractivity contribution in [3.8, 4) is 0 Å². The van der Waals surface area contributed by atoms with Crippen LogP contribution in [0.1, 0.15) is 16.7 Å². The number of rotatable bonds is 3. The molecule has 3 N–H and O–H groups in total. The van der Waals surface area contributed by atoms with Crippen LogP contribution in [-0.4, -0.2) is 13.0 Å². The third-order valence-electron chi connectivity index (χ3n) is 2.42. The smallest absolute Gasteiger partial charge is 0.348 e. The van der Waals surface area contributed by atoms with Gasteiger partial charge in [-0.15, -0.1) is 10.2 Å². The van der Waals surface area contributed by atoms with Crippen LogP contribution in [0.2, 0.25) is 0 Å². The first-order valence-corrected chi connectivity index (χ1v) is 5.72. The van der Waals surface area contributed by atoms with Crippen molar-refractivity contribution in [2.75, 3.05) is 7.05 Å². The van der Waals surface area contributed by atoms with Crippen LogP contribution < -0.4 is 10.7 Å². The van der Waals surface area contributed by atoms with Crippen molar-refractivity contribution in [1.29, 1.82) is 5.53 Å². The number of hydrogen-bond donors (Lipinski definition) is 3. The van der Waals surface area contributed by atoms with Crippen molar-refractivity contribution in [3.63, 3.8) is 0 Å². The molecule has 22 heavy (non-hydrogen) atoms. The lowest BCUT2D eigenvalue weighted by Gasteiger charge is -2.14. The maximum Gasteiger partial charge on any atom is 0.416 e. The number of benzene rings is 1. The predicted octanol–water partition coefficient (Wildman–Crippen LogP) is 3.34. The Hall–Kier alpha value is -2.33. The molecule has 11 heteroatoms. The van der Waals surface area contributed by atoms with Gasteiger partial charge in [-0.2, -0.15) is 26.3 Å². The molecule has 1 aromatic rings. The van der Waals surface area contributed by atoms with Crippen LogP contribution in [0.5, 0.6) is 0 Å². The number of nitrogens with one attached hydrogen (secondary N) is 3. The Bertz CT molecular complexity index is 531. The highest BCUT2D eigenvalue weighted by molar-refractivity contribution is 5.79. The lowest BCUT2D eigenvalue weighted by atomic mass is 10.0. The molecule has 0 atom stereocenters. The van der Waals surface area contributed by atoms with E-state index in [4.69, 9.17) is 5.53 Å². The highest BCUT2D eigenvalue weighted by Crippen LogP contribution is 2.36. The van der Waals surface area contributed by atoms with E-state index in [1.54, 1.807) is 0 Å². The number of halogens is 6. The SMILES string of the molecule is CN/N=C(\N=N)NCc1cc(C(F)(F)F)cc(C(F)(F)F)c1. The maximum absolute atomic E-state index is 12.7. The van der Waals surface area contributed by atoms with Gasteiger partial charge in [0.2, 0.25) is 0 Å². The summed E-state index contributed by atoms with van der Waals surface area (Å²) in [6.45, 7) is -0.407. The minimum absolute atomic E-state index is 0.0426. The van der Waals surface area contributed by atoms with Gasteiger partial charge in [0.15, 0.2) is 0 Å². The molecule has 0 saturated carbocycles. The van der Waals surface area contributed by atoms with Gasteiger partial charge in [-0.05, 0) is 23.8 Å². The Morgan fingerprint density at radius 2 is 1.55 bits per heavy atom. The summed E-state index contributed by atoms with van der Waals surface area (Å²) in [4.78, 5) is 0. The molecular weight excluding hydrogens is 316 g/mol. The molecule has 0 saturated heterocycles. The zero-order chi connectivity index (χ0) is 17.0. The second-order valence-electron chi connectivity index (χ2n) is 4.04.